The molecule has 3 amide bonds. The molecule has 1 aliphatic heterocycles. The number of amides is 3. The van der Waals surface area contributed by atoms with Gasteiger partial charge in [-0.2, -0.15) is 8.42 Å². The number of benzene rings is 1. The molecule has 0 aliphatic carbocycles. The first-order valence-electron chi connectivity index (χ1n) is 12.1. The van der Waals surface area contributed by atoms with Crippen molar-refractivity contribution >= 4 is 27.6 Å². The Morgan fingerprint density at radius 1 is 1.32 bits per heavy atom. The number of carbonyl (C=O) groups excluding carboxylic acids is 2. The van der Waals surface area contributed by atoms with Crippen molar-refractivity contribution in [2.24, 2.45) is 13.0 Å². The number of para-hydroxylation sites is 1. The minimum Gasteiger partial charge on any atom is -0.485 e. The van der Waals surface area contributed by atoms with E-state index in [1.807, 2.05) is 20.8 Å². The Morgan fingerprint density at radius 2 is 2.03 bits per heavy atom. The molecule has 37 heavy (non-hydrogen) atoms. The first-order chi connectivity index (χ1) is 17.3. The van der Waals surface area contributed by atoms with Gasteiger partial charge in [-0.25, -0.2) is 9.78 Å². The van der Waals surface area contributed by atoms with Crippen LogP contribution in [0.1, 0.15) is 38.1 Å². The van der Waals surface area contributed by atoms with Gasteiger partial charge in [0.1, 0.15) is 6.10 Å². The Hall–Kier alpha value is -3.32. The van der Waals surface area contributed by atoms with E-state index in [1.165, 1.54) is 28.1 Å². The number of nitrogens with one attached hydrogen (secondary N) is 2. The Bertz CT molecular complexity index is 1230. The van der Waals surface area contributed by atoms with Crippen LogP contribution < -0.4 is 14.8 Å². The van der Waals surface area contributed by atoms with Crippen LogP contribution in [0.3, 0.4) is 0 Å². The molecule has 0 spiro atoms. The minimum absolute atomic E-state index is 0.0522. The summed E-state index contributed by atoms with van der Waals surface area (Å²) in [7, 11) is -0.787. The third-order valence-electron chi connectivity index (χ3n) is 6.10. The van der Waals surface area contributed by atoms with Crippen molar-refractivity contribution in [1.29, 1.82) is 0 Å². The van der Waals surface area contributed by atoms with Crippen molar-refractivity contribution in [1.82, 2.24) is 24.7 Å². The van der Waals surface area contributed by atoms with Crippen LogP contribution in [0.4, 0.5) is 10.5 Å². The Labute approximate surface area is 217 Å². The summed E-state index contributed by atoms with van der Waals surface area (Å²) in [6.07, 6.45) is 2.14. The number of aryl methyl sites for hydroxylation is 1. The van der Waals surface area contributed by atoms with E-state index in [0.717, 1.165) is 0 Å². The SMILES string of the molecule is CC(C)NC(=O)N(C)C[C@H]1Oc2c(NS(=O)(=O)c3cn(C)cn3)cccc2C(=O)N([C@H](C)CO)C[C@H]1C. The number of hydrogen-bond acceptors (Lipinski definition) is 7. The first kappa shape index (κ1) is 28.3. The van der Waals surface area contributed by atoms with E-state index < -0.39 is 28.1 Å². The molecule has 0 saturated carbocycles. The quantitative estimate of drug-likeness (QED) is 0.463. The van der Waals surface area contributed by atoms with Crippen molar-refractivity contribution in [2.75, 3.05) is 31.5 Å². The van der Waals surface area contributed by atoms with Crippen molar-refractivity contribution in [3.63, 3.8) is 0 Å². The maximum Gasteiger partial charge on any atom is 0.317 e. The monoisotopic (exact) mass is 536 g/mol. The Kier molecular flexibility index (Phi) is 8.69. The number of carbonyl (C=O) groups is 2. The highest BCUT2D eigenvalue weighted by Crippen LogP contribution is 2.36. The van der Waals surface area contributed by atoms with Crippen LogP contribution in [-0.4, -0.2) is 89.7 Å². The van der Waals surface area contributed by atoms with E-state index in [2.05, 4.69) is 15.0 Å². The molecule has 13 heteroatoms. The van der Waals surface area contributed by atoms with Crippen LogP contribution >= 0.6 is 0 Å². The molecule has 2 aromatic rings. The lowest BCUT2D eigenvalue weighted by Gasteiger charge is -2.38. The van der Waals surface area contributed by atoms with Crippen LogP contribution in [0.5, 0.6) is 5.75 Å². The highest BCUT2D eigenvalue weighted by molar-refractivity contribution is 7.92. The van der Waals surface area contributed by atoms with Crippen LogP contribution in [-0.2, 0) is 17.1 Å². The van der Waals surface area contributed by atoms with Crippen molar-refractivity contribution in [2.45, 2.75) is 50.9 Å². The number of imidazole rings is 1. The molecule has 2 heterocycles. The number of likely N-dealkylation sites (N-methyl/N-ethyl adjacent to an activating group) is 1. The molecule has 12 nitrogen and oxygen atoms in total. The van der Waals surface area contributed by atoms with Gasteiger partial charge in [-0.05, 0) is 32.9 Å². The number of hydrogen-bond donors (Lipinski definition) is 3. The molecule has 0 bridgehead atoms. The van der Waals surface area contributed by atoms with Gasteiger partial charge >= 0.3 is 6.03 Å². The van der Waals surface area contributed by atoms with Crippen LogP contribution in [0.25, 0.3) is 0 Å². The fourth-order valence-electron chi connectivity index (χ4n) is 3.98. The van der Waals surface area contributed by atoms with E-state index in [0.29, 0.717) is 0 Å². The molecule has 1 aromatic carbocycles. The fourth-order valence-corrected chi connectivity index (χ4v) is 5.02. The highest BCUT2D eigenvalue weighted by atomic mass is 32.2. The number of urea groups is 1. The van der Waals surface area contributed by atoms with Crippen molar-refractivity contribution in [3.8, 4) is 5.75 Å². The van der Waals surface area contributed by atoms with E-state index in [-0.39, 0.29) is 59.7 Å². The van der Waals surface area contributed by atoms with Gasteiger partial charge in [-0.1, -0.05) is 13.0 Å². The molecule has 3 rings (SSSR count). The fraction of sp³-hybridized carbons (Fsp3) is 0.542. The van der Waals surface area contributed by atoms with Gasteiger partial charge in [0, 0.05) is 38.8 Å². The zero-order valence-electron chi connectivity index (χ0n) is 22.0. The summed E-state index contributed by atoms with van der Waals surface area (Å²) in [6.45, 7) is 7.53. The molecule has 1 aromatic heterocycles. The summed E-state index contributed by atoms with van der Waals surface area (Å²) in [6, 6.07) is 3.78. The average Bonchev–Trinajstić information content (AvgIpc) is 3.27. The predicted molar refractivity (Wildman–Crippen MR) is 138 cm³/mol. The lowest BCUT2D eigenvalue weighted by atomic mass is 9.99. The Balaban J connectivity index is 2.05. The van der Waals surface area contributed by atoms with Crippen LogP contribution in [0.15, 0.2) is 35.7 Å². The van der Waals surface area contributed by atoms with E-state index in [1.54, 1.807) is 38.1 Å². The second-order valence-corrected chi connectivity index (χ2v) is 11.4. The predicted octanol–water partition coefficient (Wildman–Crippen LogP) is 1.49. The number of aromatic nitrogens is 2. The number of ether oxygens (including phenoxy) is 1. The number of sulfonamides is 1. The zero-order chi connectivity index (χ0) is 27.5. The van der Waals surface area contributed by atoms with E-state index >= 15 is 0 Å². The van der Waals surface area contributed by atoms with Crippen LogP contribution in [0.2, 0.25) is 0 Å². The van der Waals surface area contributed by atoms with Gasteiger partial charge < -0.3 is 29.5 Å². The van der Waals surface area contributed by atoms with E-state index in [9.17, 15) is 23.1 Å². The second kappa shape index (κ2) is 11.4. The lowest BCUT2D eigenvalue weighted by Crippen LogP contribution is -2.51. The maximum absolute atomic E-state index is 13.6. The summed E-state index contributed by atoms with van der Waals surface area (Å²) < 4.78 is 36.4. The summed E-state index contributed by atoms with van der Waals surface area (Å²) >= 11 is 0. The molecule has 3 N–H and O–H groups in total. The number of anilines is 1. The van der Waals surface area contributed by atoms with Crippen LogP contribution in [0, 0.1) is 5.92 Å². The minimum atomic E-state index is -4.08. The molecule has 3 atom stereocenters. The normalized spacial score (nSPS) is 18.9. The molecule has 0 fully saturated rings. The van der Waals surface area contributed by atoms with Crippen molar-refractivity contribution in [3.05, 3.63) is 36.3 Å². The molecule has 0 saturated heterocycles. The Morgan fingerprint density at radius 3 is 2.62 bits per heavy atom. The van der Waals surface area contributed by atoms with Gasteiger partial charge in [0.05, 0.1) is 36.8 Å². The largest absolute Gasteiger partial charge is 0.485 e. The van der Waals surface area contributed by atoms with Gasteiger partial charge in [0.15, 0.2) is 10.8 Å². The summed E-state index contributed by atoms with van der Waals surface area (Å²) in [4.78, 5) is 33.1. The van der Waals surface area contributed by atoms with E-state index in [4.69, 9.17) is 4.74 Å². The van der Waals surface area contributed by atoms with Gasteiger partial charge in [0.2, 0.25) is 0 Å². The second-order valence-electron chi connectivity index (χ2n) is 9.77. The third-order valence-corrected chi connectivity index (χ3v) is 7.35. The van der Waals surface area contributed by atoms with Gasteiger partial charge in [-0.15, -0.1) is 0 Å². The topological polar surface area (TPSA) is 146 Å². The van der Waals surface area contributed by atoms with Gasteiger partial charge in [-0.3, -0.25) is 9.52 Å². The number of rotatable bonds is 8. The lowest BCUT2D eigenvalue weighted by molar-refractivity contribution is 0.0369. The molecule has 1 aliphatic rings. The zero-order valence-corrected chi connectivity index (χ0v) is 22.8. The highest BCUT2D eigenvalue weighted by Gasteiger charge is 2.35. The first-order valence-corrected chi connectivity index (χ1v) is 13.6. The molecular formula is C24H36N6O6S. The average molecular weight is 537 g/mol. The molecular weight excluding hydrogens is 500 g/mol. The molecule has 0 radical (unpaired) electrons. The summed E-state index contributed by atoms with van der Waals surface area (Å²) in [5, 5.41) is 12.5. The smallest absolute Gasteiger partial charge is 0.317 e. The number of aliphatic hydroxyl groups excluding tert-OH is 1. The van der Waals surface area contributed by atoms with Crippen molar-refractivity contribution < 1.29 is 27.9 Å². The molecule has 204 valence electrons. The summed E-state index contributed by atoms with van der Waals surface area (Å²) in [5.74, 6) is -0.608. The number of nitrogens with zero attached hydrogens (tertiary/aromatic N) is 4. The molecule has 0 unspecified atom stereocenters. The maximum atomic E-state index is 13.6. The summed E-state index contributed by atoms with van der Waals surface area (Å²) in [5.41, 5.74) is 0.217. The number of aliphatic hydroxyl groups is 1. The number of fused-ring (bicyclic) bond motifs is 1. The van der Waals surface area contributed by atoms with Gasteiger partial charge in [0.25, 0.3) is 15.9 Å². The third kappa shape index (κ3) is 6.52. The standard InChI is InChI=1S/C24H36N6O6S/c1-15(2)26-24(33)29(6)11-20-16(3)10-30(17(4)13-31)23(32)18-8-7-9-19(22(18)36-20)27-37(34,35)21-12-28(5)14-25-21/h7-9,12,14-17,20,27,31H,10-11,13H2,1-6H3,(H,26,33)/t16-,17-,20-/m1/s1.